The van der Waals surface area contributed by atoms with Crippen LogP contribution in [0.4, 0.5) is 4.39 Å². The number of ether oxygens (including phenoxy) is 1. The van der Waals surface area contributed by atoms with Crippen molar-refractivity contribution in [1.29, 1.82) is 0 Å². The number of aryl methyl sites for hydroxylation is 2. The highest BCUT2D eigenvalue weighted by Crippen LogP contribution is 2.43. The molecular weight excluding hydrogens is 419 g/mol. The van der Waals surface area contributed by atoms with E-state index in [1.54, 1.807) is 31.2 Å². The van der Waals surface area contributed by atoms with Gasteiger partial charge in [0.2, 0.25) is 5.88 Å². The van der Waals surface area contributed by atoms with Gasteiger partial charge in [0, 0.05) is 5.70 Å². The lowest BCUT2D eigenvalue weighted by atomic mass is 9.99. The number of amidine groups is 1. The van der Waals surface area contributed by atoms with E-state index in [1.165, 1.54) is 16.7 Å². The molecule has 0 amide bonds. The predicted octanol–water partition coefficient (Wildman–Crippen LogP) is 4.28. The fourth-order valence-electron chi connectivity index (χ4n) is 4.00. The highest BCUT2D eigenvalue weighted by Gasteiger charge is 2.28. The first-order valence-electron chi connectivity index (χ1n) is 11.2. The Morgan fingerprint density at radius 3 is 2.73 bits per heavy atom. The molecule has 7 heteroatoms. The molecule has 33 heavy (non-hydrogen) atoms. The fraction of sp³-hybridized carbons (Fsp3) is 0.346. The van der Waals surface area contributed by atoms with Crippen LogP contribution in [0.5, 0.6) is 5.75 Å². The van der Waals surface area contributed by atoms with Crippen LogP contribution in [0.1, 0.15) is 47.9 Å². The third-order valence-electron chi connectivity index (χ3n) is 5.86. The van der Waals surface area contributed by atoms with E-state index in [2.05, 4.69) is 42.5 Å². The number of halogens is 1. The van der Waals surface area contributed by atoms with Crippen molar-refractivity contribution in [2.75, 3.05) is 6.61 Å². The molecule has 1 saturated carbocycles. The van der Waals surface area contributed by atoms with E-state index in [0.29, 0.717) is 29.3 Å². The van der Waals surface area contributed by atoms with Gasteiger partial charge in [0.1, 0.15) is 6.61 Å². The zero-order valence-electron chi connectivity index (χ0n) is 19.3. The maximum Gasteiger partial charge on any atom is 0.202 e. The highest BCUT2D eigenvalue weighted by molar-refractivity contribution is 6.01. The summed E-state index contributed by atoms with van der Waals surface area (Å²) in [6.07, 6.45) is 4.38. The average molecular weight is 451 g/mol. The first-order valence-corrected chi connectivity index (χ1v) is 11.2. The molecule has 1 atom stereocenters. The van der Waals surface area contributed by atoms with Crippen LogP contribution < -0.4 is 21.5 Å². The number of hydrogen-bond donors (Lipinski definition) is 3. The Morgan fingerprint density at radius 1 is 1.24 bits per heavy atom. The van der Waals surface area contributed by atoms with Gasteiger partial charge < -0.3 is 26.4 Å². The second kappa shape index (κ2) is 9.57. The summed E-state index contributed by atoms with van der Waals surface area (Å²) < 4.78 is 20.7. The van der Waals surface area contributed by atoms with Gasteiger partial charge in [-0.15, -0.1) is 0 Å². The minimum absolute atomic E-state index is 0.00587. The summed E-state index contributed by atoms with van der Waals surface area (Å²) in [5, 5.41) is 7.53. The molecule has 2 aliphatic rings. The van der Waals surface area contributed by atoms with Crippen LogP contribution in [0.15, 0.2) is 64.8 Å². The van der Waals surface area contributed by atoms with Gasteiger partial charge in [0.15, 0.2) is 17.4 Å². The molecule has 6 nitrogen and oxygen atoms in total. The molecule has 4 rings (SSSR count). The minimum atomic E-state index is -0.377. The summed E-state index contributed by atoms with van der Waals surface area (Å²) in [4.78, 5) is 5.51. The largest absolute Gasteiger partial charge is 0.438 e. The van der Waals surface area contributed by atoms with Gasteiger partial charge in [-0.05, 0) is 74.8 Å². The normalized spacial score (nSPS) is 19.2. The van der Waals surface area contributed by atoms with Gasteiger partial charge in [-0.2, -0.15) is 0 Å². The third kappa shape index (κ3) is 5.48. The molecule has 5 N–H and O–H groups in total. The van der Waals surface area contributed by atoms with Crippen LogP contribution in [0.3, 0.4) is 0 Å². The highest BCUT2D eigenvalue weighted by atomic mass is 19.1. The Hall–Kier alpha value is -3.48. The van der Waals surface area contributed by atoms with Crippen LogP contribution in [0.2, 0.25) is 0 Å². The molecule has 174 valence electrons. The Balaban J connectivity index is 1.57. The van der Waals surface area contributed by atoms with Crippen LogP contribution in [-0.4, -0.2) is 18.5 Å². The number of nitrogens with one attached hydrogen (secondary N) is 1. The number of hydrogen-bond acceptors (Lipinski definition) is 6. The lowest BCUT2D eigenvalue weighted by Gasteiger charge is -2.26. The Morgan fingerprint density at radius 2 is 2.03 bits per heavy atom. The van der Waals surface area contributed by atoms with E-state index in [-0.39, 0.29) is 29.4 Å². The van der Waals surface area contributed by atoms with E-state index in [4.69, 9.17) is 21.0 Å². The van der Waals surface area contributed by atoms with Gasteiger partial charge in [-0.25, -0.2) is 4.39 Å². The van der Waals surface area contributed by atoms with Crippen LogP contribution in [0.25, 0.3) is 0 Å². The van der Waals surface area contributed by atoms with Gasteiger partial charge in [0.05, 0.1) is 11.6 Å². The molecule has 0 spiro atoms. The number of allylic oxidation sites excluding steroid dienone is 1. The molecule has 1 heterocycles. The SMILES string of the molecule is C/C(N)=C/C(C1=NOCC(Cc2ccc(C)cc2C)N1)=C(\N)Oc1cccc(C2CC2)c1F. The first kappa shape index (κ1) is 22.7. The maximum atomic E-state index is 14.9. The van der Waals surface area contributed by atoms with Crippen molar-refractivity contribution in [3.8, 4) is 5.75 Å². The minimum Gasteiger partial charge on any atom is -0.438 e. The van der Waals surface area contributed by atoms with Gasteiger partial charge in [0.25, 0.3) is 0 Å². The van der Waals surface area contributed by atoms with Gasteiger partial charge in [-0.1, -0.05) is 41.1 Å². The van der Waals surface area contributed by atoms with Crippen molar-refractivity contribution in [2.24, 2.45) is 16.6 Å². The van der Waals surface area contributed by atoms with E-state index in [1.807, 2.05) is 0 Å². The number of nitrogens with zero attached hydrogens (tertiary/aromatic N) is 1. The van der Waals surface area contributed by atoms with E-state index in [9.17, 15) is 4.39 Å². The third-order valence-corrected chi connectivity index (χ3v) is 5.86. The number of benzene rings is 2. The quantitative estimate of drug-likeness (QED) is 0.432. The molecule has 1 unspecified atom stereocenters. The average Bonchev–Trinajstić information content (AvgIpc) is 3.61. The molecule has 0 bridgehead atoms. The van der Waals surface area contributed by atoms with Crippen molar-refractivity contribution < 1.29 is 14.0 Å². The maximum absolute atomic E-state index is 14.9. The van der Waals surface area contributed by atoms with Crippen LogP contribution in [-0.2, 0) is 11.3 Å². The van der Waals surface area contributed by atoms with Crippen molar-refractivity contribution in [1.82, 2.24) is 5.32 Å². The fourth-order valence-corrected chi connectivity index (χ4v) is 4.00. The van der Waals surface area contributed by atoms with Gasteiger partial charge in [-0.3, -0.25) is 0 Å². The molecule has 0 aromatic heterocycles. The molecular formula is C26H31FN4O2. The van der Waals surface area contributed by atoms with E-state index in [0.717, 1.165) is 19.3 Å². The summed E-state index contributed by atoms with van der Waals surface area (Å²) in [6.45, 7) is 6.32. The number of oxime groups is 1. The van der Waals surface area contributed by atoms with Crippen LogP contribution in [0, 0.1) is 19.7 Å². The Labute approximate surface area is 194 Å². The predicted molar refractivity (Wildman–Crippen MR) is 128 cm³/mol. The van der Waals surface area contributed by atoms with Crippen molar-refractivity contribution in [2.45, 2.75) is 52.0 Å². The first-order chi connectivity index (χ1) is 15.8. The van der Waals surface area contributed by atoms with Crippen molar-refractivity contribution in [3.05, 3.63) is 87.7 Å². The van der Waals surface area contributed by atoms with Gasteiger partial charge >= 0.3 is 0 Å². The summed E-state index contributed by atoms with van der Waals surface area (Å²) >= 11 is 0. The van der Waals surface area contributed by atoms with Crippen LogP contribution >= 0.6 is 0 Å². The molecule has 1 aliphatic carbocycles. The molecule has 0 saturated heterocycles. The monoisotopic (exact) mass is 450 g/mol. The summed E-state index contributed by atoms with van der Waals surface area (Å²) in [5.74, 6) is 0.360. The zero-order valence-corrected chi connectivity index (χ0v) is 19.3. The van der Waals surface area contributed by atoms with E-state index >= 15 is 0 Å². The lowest BCUT2D eigenvalue weighted by molar-refractivity contribution is 0.109. The topological polar surface area (TPSA) is 94.9 Å². The Bertz CT molecular complexity index is 1130. The summed E-state index contributed by atoms with van der Waals surface area (Å²) in [6, 6.07) is 11.5. The van der Waals surface area contributed by atoms with E-state index < -0.39 is 0 Å². The number of nitrogens with two attached hydrogens (primary N) is 2. The van der Waals surface area contributed by atoms with Crippen molar-refractivity contribution in [3.63, 3.8) is 0 Å². The lowest BCUT2D eigenvalue weighted by Crippen LogP contribution is -2.44. The standard InChI is InChI=1S/C26H31FN4O2/c1-15-7-8-19(16(2)11-15)13-20-14-32-31-26(30-20)22(12-17(3)28)25(29)33-23-6-4-5-21(24(23)27)18-9-10-18/h4-8,11-12,18,20H,9-10,13-14,28-29H2,1-3H3,(H,30,31)/b17-12-,25-22-. The summed E-state index contributed by atoms with van der Waals surface area (Å²) in [5.41, 5.74) is 17.5. The molecule has 2 aromatic carbocycles. The second-order valence-electron chi connectivity index (χ2n) is 8.91. The summed E-state index contributed by atoms with van der Waals surface area (Å²) in [7, 11) is 0. The second-order valence-corrected chi connectivity index (χ2v) is 8.91. The molecule has 1 fully saturated rings. The molecule has 2 aromatic rings. The Kier molecular flexibility index (Phi) is 6.58. The molecule has 1 aliphatic heterocycles. The zero-order chi connectivity index (χ0) is 23.5. The smallest absolute Gasteiger partial charge is 0.202 e. The number of rotatable bonds is 7. The van der Waals surface area contributed by atoms with Crippen molar-refractivity contribution >= 4 is 5.84 Å². The molecule has 0 radical (unpaired) electrons.